The molecular weight excluding hydrogens is 739 g/mol. The van der Waals surface area contributed by atoms with E-state index in [0.29, 0.717) is 31.2 Å². The summed E-state index contributed by atoms with van der Waals surface area (Å²) in [6.45, 7) is 15.8. The fourth-order valence-corrected chi connectivity index (χ4v) is 8.84. The Hall–Kier alpha value is -1.14. The van der Waals surface area contributed by atoms with Crippen LogP contribution < -0.4 is 0 Å². The Balaban J connectivity index is 4.60. The first-order valence-corrected chi connectivity index (χ1v) is 27.4. The first-order chi connectivity index (χ1) is 29.5. The second kappa shape index (κ2) is 48.9. The van der Waals surface area contributed by atoms with Gasteiger partial charge in [-0.2, -0.15) is 0 Å². The maximum Gasteiger partial charge on any atom is 0.222 e. The van der Waals surface area contributed by atoms with E-state index >= 15 is 0 Å². The van der Waals surface area contributed by atoms with E-state index in [1.165, 1.54) is 180 Å². The molecule has 0 fully saturated rings. The second-order valence-electron chi connectivity index (χ2n) is 18.8. The first kappa shape index (κ1) is 58.9. The van der Waals surface area contributed by atoms with Gasteiger partial charge < -0.3 is 19.8 Å². The number of amides is 2. The molecule has 1 N–H and O–H groups in total. The van der Waals surface area contributed by atoms with Gasteiger partial charge in [-0.25, -0.2) is 0 Å². The summed E-state index contributed by atoms with van der Waals surface area (Å²) in [7, 11) is 0. The Morgan fingerprint density at radius 1 is 0.283 bits per heavy atom. The van der Waals surface area contributed by atoms with E-state index in [9.17, 15) is 14.7 Å². The van der Waals surface area contributed by atoms with Crippen LogP contribution in [0, 0.1) is 0 Å². The summed E-state index contributed by atoms with van der Waals surface area (Å²) in [5, 5.41) is 9.78. The van der Waals surface area contributed by atoms with Crippen LogP contribution in [0.15, 0.2) is 0 Å². The van der Waals surface area contributed by atoms with Gasteiger partial charge >= 0.3 is 0 Å². The highest BCUT2D eigenvalue weighted by Gasteiger charge is 2.15. The molecule has 6 nitrogen and oxygen atoms in total. The third-order valence-electron chi connectivity index (χ3n) is 13.0. The topological polar surface area (TPSA) is 64.1 Å². The highest BCUT2D eigenvalue weighted by molar-refractivity contribution is 5.76. The number of rotatable bonds is 50. The van der Waals surface area contributed by atoms with Crippen LogP contribution in [0.4, 0.5) is 0 Å². The van der Waals surface area contributed by atoms with Gasteiger partial charge in [-0.05, 0) is 64.5 Å². The van der Waals surface area contributed by atoms with E-state index < -0.39 is 0 Å². The zero-order valence-corrected chi connectivity index (χ0v) is 41.5. The van der Waals surface area contributed by atoms with Crippen LogP contribution in [0.5, 0.6) is 0 Å². The van der Waals surface area contributed by atoms with Crippen molar-refractivity contribution in [3.05, 3.63) is 0 Å². The quantitative estimate of drug-likeness (QED) is 0.0620. The Labute approximate surface area is 376 Å². The molecule has 358 valence electrons. The number of carbonyl (C=O) groups excluding carboxylic acids is 2. The Bertz CT molecular complexity index is 763. The van der Waals surface area contributed by atoms with Gasteiger partial charge in [0.1, 0.15) is 0 Å². The number of unbranched alkanes of at least 4 members (excludes halogenated alkanes) is 32. The predicted octanol–water partition coefficient (Wildman–Crippen LogP) is 15.6. The highest BCUT2D eigenvalue weighted by atomic mass is 16.3. The molecule has 0 aliphatic rings. The summed E-state index contributed by atoms with van der Waals surface area (Å²) in [5.74, 6) is 0.744. The molecule has 0 spiro atoms. The Kier molecular flexibility index (Phi) is 48.0. The van der Waals surface area contributed by atoms with E-state index in [1.54, 1.807) is 0 Å². The SMILES string of the molecule is CCCCCCCCCCN(CCCCCCCCCC)C(=O)CCCCCN(CCO)CCCCCC(=O)N(CCCCCCCCCC)CCCCCCCCCC. The molecule has 0 saturated carbocycles. The van der Waals surface area contributed by atoms with Crippen molar-refractivity contribution in [2.45, 2.75) is 285 Å². The van der Waals surface area contributed by atoms with Crippen molar-refractivity contribution in [3.63, 3.8) is 0 Å². The third kappa shape index (κ3) is 40.9. The maximum absolute atomic E-state index is 13.4. The lowest BCUT2D eigenvalue weighted by molar-refractivity contribution is -0.132. The molecule has 2 amide bonds. The second-order valence-corrected chi connectivity index (χ2v) is 18.8. The fraction of sp³-hybridized carbons (Fsp3) is 0.963. The van der Waals surface area contributed by atoms with Gasteiger partial charge in [-0.1, -0.05) is 220 Å². The molecule has 0 atom stereocenters. The maximum atomic E-state index is 13.4. The van der Waals surface area contributed by atoms with Crippen LogP contribution in [0.2, 0.25) is 0 Å². The summed E-state index contributed by atoms with van der Waals surface area (Å²) in [5.41, 5.74) is 0. The van der Waals surface area contributed by atoms with Crippen LogP contribution in [0.25, 0.3) is 0 Å². The van der Waals surface area contributed by atoms with Gasteiger partial charge in [-0.3, -0.25) is 9.59 Å². The zero-order valence-electron chi connectivity index (χ0n) is 41.5. The Morgan fingerprint density at radius 3 is 0.750 bits per heavy atom. The monoisotopic (exact) mass is 848 g/mol. The van der Waals surface area contributed by atoms with E-state index in [-0.39, 0.29) is 6.61 Å². The van der Waals surface area contributed by atoms with E-state index in [4.69, 9.17) is 0 Å². The van der Waals surface area contributed by atoms with Crippen molar-refractivity contribution in [3.8, 4) is 0 Å². The smallest absolute Gasteiger partial charge is 0.222 e. The highest BCUT2D eigenvalue weighted by Crippen LogP contribution is 2.16. The van der Waals surface area contributed by atoms with Crippen molar-refractivity contribution < 1.29 is 14.7 Å². The molecular formula is C54H109N3O3. The minimum absolute atomic E-state index is 0.190. The number of aliphatic hydroxyl groups excluding tert-OH is 1. The molecule has 0 heterocycles. The normalized spacial score (nSPS) is 11.6. The molecule has 0 aromatic heterocycles. The molecule has 0 aliphatic heterocycles. The molecule has 60 heavy (non-hydrogen) atoms. The van der Waals surface area contributed by atoms with Gasteiger partial charge in [-0.15, -0.1) is 0 Å². The lowest BCUT2D eigenvalue weighted by atomic mass is 10.1. The summed E-state index contributed by atoms with van der Waals surface area (Å²) in [4.78, 5) is 33.6. The lowest BCUT2D eigenvalue weighted by Gasteiger charge is -2.24. The molecule has 0 saturated heterocycles. The van der Waals surface area contributed by atoms with Crippen LogP contribution in [0.1, 0.15) is 285 Å². The number of carbonyl (C=O) groups is 2. The zero-order chi connectivity index (χ0) is 43.8. The van der Waals surface area contributed by atoms with E-state index in [2.05, 4.69) is 42.4 Å². The molecule has 0 bridgehead atoms. The van der Waals surface area contributed by atoms with Crippen molar-refractivity contribution >= 4 is 11.8 Å². The summed E-state index contributed by atoms with van der Waals surface area (Å²) >= 11 is 0. The van der Waals surface area contributed by atoms with Crippen molar-refractivity contribution in [1.29, 1.82) is 0 Å². The first-order valence-electron chi connectivity index (χ1n) is 27.4. The number of nitrogens with zero attached hydrogens (tertiary/aromatic N) is 3. The number of aliphatic hydroxyl groups is 1. The average Bonchev–Trinajstić information content (AvgIpc) is 3.25. The van der Waals surface area contributed by atoms with Gasteiger partial charge in [0.05, 0.1) is 6.61 Å². The molecule has 0 aliphatic carbocycles. The lowest BCUT2D eigenvalue weighted by Crippen LogP contribution is -2.33. The third-order valence-corrected chi connectivity index (χ3v) is 13.0. The number of hydrogen-bond acceptors (Lipinski definition) is 4. The minimum atomic E-state index is 0.190. The van der Waals surface area contributed by atoms with Gasteiger partial charge in [0.2, 0.25) is 11.8 Å². The standard InChI is InChI=1S/C54H109N3O3/c1-5-9-13-17-21-25-29-39-47-56(48-40-30-26-22-18-14-10-6-2)53(59)43-35-33-37-45-55(51-52-58)46-38-34-36-44-54(60)57(49-41-31-27-23-19-15-11-7-3)50-42-32-28-24-20-16-12-8-4/h58H,5-52H2,1-4H3. The van der Waals surface area contributed by atoms with Crippen LogP contribution >= 0.6 is 0 Å². The van der Waals surface area contributed by atoms with Gasteiger partial charge in [0.25, 0.3) is 0 Å². The van der Waals surface area contributed by atoms with Crippen LogP contribution in [-0.4, -0.2) is 84.0 Å². The van der Waals surface area contributed by atoms with Crippen LogP contribution in [-0.2, 0) is 9.59 Å². The largest absolute Gasteiger partial charge is 0.395 e. The predicted molar refractivity (Wildman–Crippen MR) is 264 cm³/mol. The van der Waals surface area contributed by atoms with Crippen LogP contribution in [0.3, 0.4) is 0 Å². The molecule has 6 heteroatoms. The molecule has 0 unspecified atom stereocenters. The summed E-state index contributed by atoms with van der Waals surface area (Å²) in [6, 6.07) is 0. The van der Waals surface area contributed by atoms with Crippen molar-refractivity contribution in [2.24, 2.45) is 0 Å². The van der Waals surface area contributed by atoms with Crippen molar-refractivity contribution in [2.75, 3.05) is 52.4 Å². The Morgan fingerprint density at radius 2 is 0.500 bits per heavy atom. The summed E-state index contributed by atoms with van der Waals surface area (Å²) in [6.07, 6.45) is 49.4. The molecule has 0 aromatic carbocycles. The average molecular weight is 848 g/mol. The van der Waals surface area contributed by atoms with Crippen molar-refractivity contribution in [1.82, 2.24) is 14.7 Å². The van der Waals surface area contributed by atoms with Gasteiger partial charge in [0.15, 0.2) is 0 Å². The number of hydrogen-bond donors (Lipinski definition) is 1. The minimum Gasteiger partial charge on any atom is -0.395 e. The van der Waals surface area contributed by atoms with E-state index in [1.807, 2.05) is 0 Å². The van der Waals surface area contributed by atoms with Gasteiger partial charge in [0, 0.05) is 45.6 Å². The molecule has 0 rings (SSSR count). The van der Waals surface area contributed by atoms with E-state index in [0.717, 1.165) is 103 Å². The molecule has 0 radical (unpaired) electrons. The summed E-state index contributed by atoms with van der Waals surface area (Å²) < 4.78 is 0. The molecule has 0 aromatic rings. The fourth-order valence-electron chi connectivity index (χ4n) is 8.84.